The highest BCUT2D eigenvalue weighted by atomic mass is 79.9. The molecule has 1 aromatic heterocycles. The molecule has 4 nitrogen and oxygen atoms in total. The minimum atomic E-state index is -2.99. The second kappa shape index (κ2) is 7.09. The van der Waals surface area contributed by atoms with Gasteiger partial charge in [0.25, 0.3) is 0 Å². The number of pyridine rings is 1. The van der Waals surface area contributed by atoms with Crippen molar-refractivity contribution in [1.29, 1.82) is 0 Å². The molecule has 0 atom stereocenters. The summed E-state index contributed by atoms with van der Waals surface area (Å²) in [5.41, 5.74) is 1.71. The van der Waals surface area contributed by atoms with E-state index in [2.05, 4.69) is 20.9 Å². The van der Waals surface area contributed by atoms with Crippen LogP contribution in [0.2, 0.25) is 0 Å². The third kappa shape index (κ3) is 4.94. The summed E-state index contributed by atoms with van der Waals surface area (Å²) < 4.78 is 28.5. The maximum Gasteiger partial charge on any atom is 0.153 e. The first-order valence-corrected chi connectivity index (χ1v) is 8.78. The van der Waals surface area contributed by atoms with Crippen molar-refractivity contribution in [3.63, 3.8) is 0 Å². The Morgan fingerprint density at radius 3 is 2.67 bits per heavy atom. The van der Waals surface area contributed by atoms with Crippen LogP contribution in [0.25, 0.3) is 0 Å². The van der Waals surface area contributed by atoms with Gasteiger partial charge in [-0.1, -0.05) is 22.9 Å². The van der Waals surface area contributed by atoms with Crippen molar-refractivity contribution in [3.8, 4) is 5.75 Å². The molecule has 0 saturated carbocycles. The van der Waals surface area contributed by atoms with Gasteiger partial charge >= 0.3 is 0 Å². The van der Waals surface area contributed by atoms with Gasteiger partial charge in [-0.2, -0.15) is 0 Å². The number of alkyl halides is 1. The zero-order valence-electron chi connectivity index (χ0n) is 10.6. The van der Waals surface area contributed by atoms with E-state index >= 15 is 0 Å². The molecule has 0 unspecified atom stereocenters. The monoisotopic (exact) mass is 335 g/mol. The molecule has 1 rings (SSSR count). The van der Waals surface area contributed by atoms with Crippen LogP contribution in [0.15, 0.2) is 12.1 Å². The van der Waals surface area contributed by atoms with Crippen molar-refractivity contribution in [3.05, 3.63) is 23.5 Å². The number of hydrogen-bond donors (Lipinski definition) is 0. The Morgan fingerprint density at radius 2 is 2.06 bits per heavy atom. The molecular formula is C12H18BrNO3S. The molecule has 6 heteroatoms. The van der Waals surface area contributed by atoms with Gasteiger partial charge in [0, 0.05) is 11.0 Å². The van der Waals surface area contributed by atoms with E-state index in [1.54, 1.807) is 0 Å². The third-order valence-electron chi connectivity index (χ3n) is 2.37. The van der Waals surface area contributed by atoms with Crippen LogP contribution in [0, 0.1) is 6.92 Å². The Morgan fingerprint density at radius 1 is 1.33 bits per heavy atom. The fourth-order valence-electron chi connectivity index (χ4n) is 1.52. The molecule has 0 amide bonds. The number of rotatable bonds is 7. The topological polar surface area (TPSA) is 56.3 Å². The normalized spacial score (nSPS) is 11.5. The van der Waals surface area contributed by atoms with Crippen LogP contribution in [0.5, 0.6) is 5.75 Å². The largest absolute Gasteiger partial charge is 0.491 e. The second-order valence-electron chi connectivity index (χ2n) is 4.03. The number of aryl methyl sites for hydroxylation is 1. The molecule has 0 bridgehead atoms. The highest BCUT2D eigenvalue weighted by Crippen LogP contribution is 2.19. The number of ether oxygens (including phenoxy) is 1. The minimum Gasteiger partial charge on any atom is -0.491 e. The van der Waals surface area contributed by atoms with Crippen molar-refractivity contribution in [2.45, 2.75) is 25.6 Å². The first kappa shape index (κ1) is 15.4. The highest BCUT2D eigenvalue weighted by Gasteiger charge is 2.11. The van der Waals surface area contributed by atoms with E-state index in [0.717, 1.165) is 11.4 Å². The Bertz CT molecular complexity index is 488. The Kier molecular flexibility index (Phi) is 6.08. The number of nitrogens with zero attached hydrogens (tertiary/aromatic N) is 1. The maximum atomic E-state index is 11.5. The van der Waals surface area contributed by atoms with Gasteiger partial charge in [-0.3, -0.25) is 4.98 Å². The van der Waals surface area contributed by atoms with Gasteiger partial charge in [0.15, 0.2) is 9.84 Å². The zero-order chi connectivity index (χ0) is 13.6. The van der Waals surface area contributed by atoms with Crippen molar-refractivity contribution in [2.24, 2.45) is 0 Å². The van der Waals surface area contributed by atoms with E-state index in [-0.39, 0.29) is 18.1 Å². The quantitative estimate of drug-likeness (QED) is 0.718. The van der Waals surface area contributed by atoms with Crippen molar-refractivity contribution in [1.82, 2.24) is 4.98 Å². The third-order valence-corrected chi connectivity index (χ3v) is 4.72. The van der Waals surface area contributed by atoms with E-state index in [4.69, 9.17) is 4.74 Å². The van der Waals surface area contributed by atoms with Gasteiger partial charge in [-0.15, -0.1) is 0 Å². The van der Waals surface area contributed by atoms with E-state index in [1.807, 2.05) is 26.0 Å². The molecule has 102 valence electrons. The number of hydrogen-bond acceptors (Lipinski definition) is 4. The van der Waals surface area contributed by atoms with Crippen LogP contribution in [-0.2, 0) is 15.2 Å². The summed E-state index contributed by atoms with van der Waals surface area (Å²) in [6.45, 7) is 3.93. The summed E-state index contributed by atoms with van der Waals surface area (Å²) in [5, 5.41) is 0.589. The average molecular weight is 336 g/mol. The molecule has 0 fully saturated rings. The van der Waals surface area contributed by atoms with Crippen molar-refractivity contribution >= 4 is 25.8 Å². The number of aromatic nitrogens is 1. The van der Waals surface area contributed by atoms with Crippen LogP contribution >= 0.6 is 15.9 Å². The summed E-state index contributed by atoms with van der Waals surface area (Å²) in [7, 11) is -2.99. The first-order chi connectivity index (χ1) is 8.48. The van der Waals surface area contributed by atoms with Gasteiger partial charge in [-0.25, -0.2) is 8.42 Å². The van der Waals surface area contributed by atoms with E-state index in [1.165, 1.54) is 0 Å². The summed E-state index contributed by atoms with van der Waals surface area (Å²) in [6, 6.07) is 3.67. The molecule has 0 aliphatic carbocycles. The first-order valence-electron chi connectivity index (χ1n) is 5.84. The molecule has 0 N–H and O–H groups in total. The summed E-state index contributed by atoms with van der Waals surface area (Å²) in [6.07, 6.45) is 0.640. The molecule has 0 saturated heterocycles. The molecule has 0 aliphatic heterocycles. The molecule has 0 spiro atoms. The van der Waals surface area contributed by atoms with Crippen LogP contribution in [0.4, 0.5) is 0 Å². The van der Waals surface area contributed by atoms with E-state index < -0.39 is 9.84 Å². The lowest BCUT2D eigenvalue weighted by atomic mass is 10.3. The zero-order valence-corrected chi connectivity index (χ0v) is 13.1. The molecule has 1 aromatic rings. The summed E-state index contributed by atoms with van der Waals surface area (Å²) >= 11 is 3.34. The molecule has 0 aromatic carbocycles. The van der Waals surface area contributed by atoms with E-state index in [0.29, 0.717) is 17.5 Å². The smallest absolute Gasteiger partial charge is 0.153 e. The fraction of sp³-hybridized carbons (Fsp3) is 0.583. The SMILES string of the molecule is CCCS(=O)(=O)CCOc1ccc(C)nc1CBr. The summed E-state index contributed by atoms with van der Waals surface area (Å²) in [4.78, 5) is 4.32. The van der Waals surface area contributed by atoms with Gasteiger partial charge in [0.1, 0.15) is 12.4 Å². The second-order valence-corrected chi connectivity index (χ2v) is 6.90. The van der Waals surface area contributed by atoms with Crippen LogP contribution in [0.1, 0.15) is 24.7 Å². The van der Waals surface area contributed by atoms with Crippen LogP contribution < -0.4 is 4.74 Å². The van der Waals surface area contributed by atoms with Crippen LogP contribution in [-0.4, -0.2) is 31.5 Å². The average Bonchev–Trinajstić information content (AvgIpc) is 2.30. The van der Waals surface area contributed by atoms with Crippen LogP contribution in [0.3, 0.4) is 0 Å². The fourth-order valence-corrected chi connectivity index (χ4v) is 3.08. The van der Waals surface area contributed by atoms with Gasteiger partial charge < -0.3 is 4.74 Å². The lowest BCUT2D eigenvalue weighted by Gasteiger charge is -2.10. The van der Waals surface area contributed by atoms with Crippen molar-refractivity contribution < 1.29 is 13.2 Å². The molecule has 0 radical (unpaired) electrons. The predicted molar refractivity (Wildman–Crippen MR) is 76.0 cm³/mol. The Hall–Kier alpha value is -0.620. The standard InChI is InChI=1S/C12H18BrNO3S/c1-3-7-18(15,16)8-6-17-12-5-4-10(2)14-11(12)9-13/h4-5H,3,6-9H2,1-2H3. The Balaban J connectivity index is 2.59. The van der Waals surface area contributed by atoms with E-state index in [9.17, 15) is 8.42 Å². The molecule has 1 heterocycles. The predicted octanol–water partition coefficient (Wildman–Crippen LogP) is 2.49. The van der Waals surface area contributed by atoms with Crippen molar-refractivity contribution in [2.75, 3.05) is 18.1 Å². The van der Waals surface area contributed by atoms with Gasteiger partial charge in [0.2, 0.25) is 0 Å². The molecule has 18 heavy (non-hydrogen) atoms. The lowest BCUT2D eigenvalue weighted by molar-refractivity contribution is 0.336. The highest BCUT2D eigenvalue weighted by molar-refractivity contribution is 9.08. The Labute approximate surface area is 117 Å². The number of sulfone groups is 1. The molecular weight excluding hydrogens is 318 g/mol. The number of halogens is 1. The maximum absolute atomic E-state index is 11.5. The lowest BCUT2D eigenvalue weighted by Crippen LogP contribution is -2.17. The minimum absolute atomic E-state index is 0.0520. The van der Waals surface area contributed by atoms with Gasteiger partial charge in [0.05, 0.1) is 17.2 Å². The van der Waals surface area contributed by atoms with Gasteiger partial charge in [-0.05, 0) is 25.5 Å². The summed E-state index contributed by atoms with van der Waals surface area (Å²) in [5.74, 6) is 0.911. The molecule has 0 aliphatic rings.